The summed E-state index contributed by atoms with van der Waals surface area (Å²) in [5.74, 6) is 0.574. The van der Waals surface area contributed by atoms with Crippen molar-refractivity contribution in [3.05, 3.63) is 53.1 Å². The zero-order valence-electron chi connectivity index (χ0n) is 28.4. The maximum Gasteiger partial charge on any atom is 0.407 e. The Morgan fingerprint density at radius 1 is 0.960 bits per heavy atom. The second-order valence-corrected chi connectivity index (χ2v) is 17.6. The van der Waals surface area contributed by atoms with Crippen LogP contribution in [0.15, 0.2) is 36.4 Å². The third-order valence-corrected chi connectivity index (χ3v) is 14.5. The minimum atomic E-state index is -3.73. The number of carbonyl (C=O) groups is 3. The lowest BCUT2D eigenvalue weighted by Crippen LogP contribution is -2.48. The van der Waals surface area contributed by atoms with Crippen LogP contribution in [0, 0.1) is 11.3 Å². The Labute approximate surface area is 292 Å². The number of carboxylic acid groups (broad SMARTS) is 1. The molecule has 4 atom stereocenters. The third-order valence-electron chi connectivity index (χ3n) is 12.7. The number of fused-ring (bicyclic) bond motifs is 8. The highest BCUT2D eigenvalue weighted by molar-refractivity contribution is 7.91. The van der Waals surface area contributed by atoms with Crippen LogP contribution in [-0.4, -0.2) is 83.8 Å². The number of rotatable bonds is 6. The Morgan fingerprint density at radius 3 is 2.50 bits per heavy atom. The highest BCUT2D eigenvalue weighted by Gasteiger charge is 2.64. The minimum absolute atomic E-state index is 0.0392. The second-order valence-electron chi connectivity index (χ2n) is 15.6. The van der Waals surface area contributed by atoms with Crippen LogP contribution in [0.4, 0.5) is 4.79 Å². The van der Waals surface area contributed by atoms with E-state index in [0.29, 0.717) is 51.4 Å². The maximum absolute atomic E-state index is 14.9. The molecule has 12 heteroatoms. The van der Waals surface area contributed by atoms with Crippen LogP contribution in [-0.2, 0) is 21.4 Å². The molecule has 9 rings (SSSR count). The molecule has 3 aliphatic heterocycles. The smallest absolute Gasteiger partial charge is 0.407 e. The minimum Gasteiger partial charge on any atom is -0.497 e. The van der Waals surface area contributed by atoms with Gasteiger partial charge in [0.15, 0.2) is 0 Å². The molecule has 1 aromatic heterocycles. The summed E-state index contributed by atoms with van der Waals surface area (Å²) in [5, 5.41) is 10.5. The summed E-state index contributed by atoms with van der Waals surface area (Å²) in [6, 6.07) is 11.5. The van der Waals surface area contributed by atoms with E-state index in [-0.39, 0.29) is 29.3 Å². The molecule has 5 fully saturated rings. The van der Waals surface area contributed by atoms with Crippen LogP contribution in [0.3, 0.4) is 0 Å². The first-order valence-electron chi connectivity index (χ1n) is 18.3. The number of ether oxygens (including phenoxy) is 1. The number of aromatic nitrogens is 1. The van der Waals surface area contributed by atoms with Gasteiger partial charge in [-0.1, -0.05) is 25.3 Å². The van der Waals surface area contributed by atoms with Gasteiger partial charge < -0.3 is 24.2 Å². The molecule has 3 saturated carbocycles. The van der Waals surface area contributed by atoms with E-state index >= 15 is 0 Å². The molecule has 11 nitrogen and oxygen atoms in total. The molecular weight excluding hydrogens is 657 g/mol. The van der Waals surface area contributed by atoms with Crippen molar-refractivity contribution in [3.8, 4) is 17.0 Å². The molecule has 0 bridgehead atoms. The average Bonchev–Trinajstić information content (AvgIpc) is 4.03. The first-order chi connectivity index (χ1) is 24.1. The number of sulfonamides is 1. The van der Waals surface area contributed by atoms with Crippen molar-refractivity contribution in [1.29, 1.82) is 0 Å². The van der Waals surface area contributed by atoms with Gasteiger partial charge in [0, 0.05) is 54.1 Å². The van der Waals surface area contributed by atoms with Gasteiger partial charge in [-0.05, 0) is 98.2 Å². The lowest BCUT2D eigenvalue weighted by molar-refractivity contribution is -0.137. The summed E-state index contributed by atoms with van der Waals surface area (Å²) in [4.78, 5) is 44.0. The molecule has 2 saturated heterocycles. The number of benzene rings is 2. The number of methoxy groups -OCH3 is 1. The van der Waals surface area contributed by atoms with E-state index in [1.165, 1.54) is 16.9 Å². The third kappa shape index (κ3) is 4.95. The molecule has 0 spiro atoms. The average molecular weight is 701 g/mol. The highest BCUT2D eigenvalue weighted by Crippen LogP contribution is 2.66. The molecule has 3 aromatic rings. The van der Waals surface area contributed by atoms with Crippen molar-refractivity contribution < 1.29 is 32.6 Å². The van der Waals surface area contributed by atoms with Gasteiger partial charge in [0.1, 0.15) is 5.75 Å². The van der Waals surface area contributed by atoms with Crippen LogP contribution >= 0.6 is 0 Å². The van der Waals surface area contributed by atoms with Crippen molar-refractivity contribution in [3.63, 3.8) is 0 Å². The number of amides is 3. The van der Waals surface area contributed by atoms with Gasteiger partial charge in [0.2, 0.25) is 15.9 Å². The fourth-order valence-corrected chi connectivity index (χ4v) is 11.3. The van der Waals surface area contributed by atoms with Crippen LogP contribution in [0.1, 0.15) is 97.5 Å². The summed E-state index contributed by atoms with van der Waals surface area (Å²) in [6.45, 7) is 1.88. The molecule has 50 heavy (non-hydrogen) atoms. The van der Waals surface area contributed by atoms with E-state index in [1.54, 1.807) is 13.2 Å². The highest BCUT2D eigenvalue weighted by atomic mass is 32.2. The summed E-state index contributed by atoms with van der Waals surface area (Å²) >= 11 is 0. The zero-order valence-corrected chi connectivity index (χ0v) is 29.2. The maximum atomic E-state index is 14.9. The van der Waals surface area contributed by atoms with Gasteiger partial charge in [0.05, 0.1) is 29.5 Å². The summed E-state index contributed by atoms with van der Waals surface area (Å²) in [7, 11) is -2.07. The van der Waals surface area contributed by atoms with Gasteiger partial charge in [0.25, 0.3) is 5.91 Å². The predicted octanol–water partition coefficient (Wildman–Crippen LogP) is 5.67. The fourth-order valence-electron chi connectivity index (χ4n) is 9.97. The van der Waals surface area contributed by atoms with E-state index in [9.17, 15) is 27.9 Å². The molecular formula is C38H44N4O7S. The van der Waals surface area contributed by atoms with Gasteiger partial charge in [-0.25, -0.2) is 17.9 Å². The van der Waals surface area contributed by atoms with Gasteiger partial charge in [-0.15, -0.1) is 0 Å². The van der Waals surface area contributed by atoms with Crippen molar-refractivity contribution in [1.82, 2.24) is 19.1 Å². The fraction of sp³-hybridized carbons (Fsp3) is 0.553. The molecule has 3 amide bonds. The van der Waals surface area contributed by atoms with Crippen molar-refractivity contribution in [2.75, 3.05) is 26.7 Å². The first kappa shape index (κ1) is 31.9. The Hall–Kier alpha value is -4.06. The van der Waals surface area contributed by atoms with Crippen molar-refractivity contribution >= 4 is 38.8 Å². The molecule has 0 radical (unpaired) electrons. The van der Waals surface area contributed by atoms with Crippen molar-refractivity contribution in [2.24, 2.45) is 11.3 Å². The normalized spacial score (nSPS) is 27.5. The van der Waals surface area contributed by atoms with Gasteiger partial charge in [-0.2, -0.15) is 0 Å². The molecule has 2 N–H and O–H groups in total. The Balaban J connectivity index is 1.18. The van der Waals surface area contributed by atoms with E-state index in [1.807, 2.05) is 23.1 Å². The molecule has 3 aliphatic carbocycles. The number of piperidine rings is 1. The van der Waals surface area contributed by atoms with Gasteiger partial charge >= 0.3 is 6.09 Å². The number of likely N-dealkylation sites (tertiary alicyclic amines) is 2. The summed E-state index contributed by atoms with van der Waals surface area (Å²) in [6.07, 6.45) is 8.18. The topological polar surface area (TPSA) is 138 Å². The number of hydrogen-bond acceptors (Lipinski definition) is 6. The molecule has 6 aliphatic rings. The predicted molar refractivity (Wildman–Crippen MR) is 187 cm³/mol. The molecule has 2 aromatic carbocycles. The number of nitrogens with one attached hydrogen (secondary N) is 1. The largest absolute Gasteiger partial charge is 0.497 e. The van der Waals surface area contributed by atoms with E-state index in [4.69, 9.17) is 4.74 Å². The lowest BCUT2D eigenvalue weighted by Gasteiger charge is -2.34. The van der Waals surface area contributed by atoms with E-state index < -0.39 is 32.7 Å². The quantitative estimate of drug-likeness (QED) is 0.338. The Morgan fingerprint density at radius 2 is 1.76 bits per heavy atom. The Kier molecular flexibility index (Phi) is 7.32. The number of carbonyl (C=O) groups excluding carboxylic acids is 2. The zero-order chi connectivity index (χ0) is 34.5. The van der Waals surface area contributed by atoms with Crippen LogP contribution in [0.5, 0.6) is 5.75 Å². The first-order valence-corrected chi connectivity index (χ1v) is 19.8. The Bertz CT molecular complexity index is 2050. The second kappa shape index (κ2) is 11.5. The monoisotopic (exact) mass is 700 g/mol. The molecule has 4 heterocycles. The standard InChI is InChI=1S/C38H44N4O7S/c1-49-25-10-14-27-29(17-25)30-18-38(30,36(44)40-19-24-8-5-15-41(37(45)46)32(24)20-40)21-42-31-16-23(35(43)39-50(47,48)26-11-12-26)9-13-28(31)33(34(27)42)22-6-3-2-4-7-22/h9-10,13-14,16-17,22,24,26,30,32H,2-8,11-12,15,18-21H2,1H3,(H,39,43)(H,45,46). The number of nitrogens with zero attached hydrogens (tertiary/aromatic N) is 3. The van der Waals surface area contributed by atoms with Crippen LogP contribution < -0.4 is 9.46 Å². The molecule has 4 unspecified atom stereocenters. The SMILES string of the molecule is COc1ccc2c(c1)C1CC1(C(=O)N1CC3CCCN(C(=O)O)C3C1)Cn1c-2c(C2CCCCC2)c2ccc(C(=O)NS(=O)(=O)C3CC3)cc21. The molecule has 264 valence electrons. The van der Waals surface area contributed by atoms with Crippen LogP contribution in [0.25, 0.3) is 22.2 Å². The number of hydrogen-bond donors (Lipinski definition) is 2. The lowest BCUT2D eigenvalue weighted by atomic mass is 9.81. The van der Waals surface area contributed by atoms with Crippen LogP contribution in [0.2, 0.25) is 0 Å². The van der Waals surface area contributed by atoms with E-state index in [0.717, 1.165) is 72.0 Å². The van der Waals surface area contributed by atoms with Crippen molar-refractivity contribution in [2.45, 2.75) is 93.9 Å². The van der Waals surface area contributed by atoms with E-state index in [2.05, 4.69) is 21.4 Å². The summed E-state index contributed by atoms with van der Waals surface area (Å²) in [5.41, 5.74) is 4.88. The summed E-state index contributed by atoms with van der Waals surface area (Å²) < 4.78 is 35.8. The van der Waals surface area contributed by atoms with Gasteiger partial charge in [-0.3, -0.25) is 9.59 Å².